The molecular formula is C18H23BrN2O. The molecule has 1 aromatic heterocycles. The van der Waals surface area contributed by atoms with Crippen LogP contribution >= 0.6 is 15.9 Å². The maximum absolute atomic E-state index is 12.5. The number of aromatic nitrogens is 1. The van der Waals surface area contributed by atoms with E-state index in [2.05, 4.69) is 53.0 Å². The van der Waals surface area contributed by atoms with Crippen molar-refractivity contribution in [2.24, 2.45) is 5.92 Å². The SMILES string of the molecule is CCCC(C)CC(=O)N1CCc2[nH]c3c(Br)cccc3c2C1. The molecule has 2 aromatic rings. The molecule has 0 aliphatic carbocycles. The van der Waals surface area contributed by atoms with Gasteiger partial charge >= 0.3 is 0 Å². The van der Waals surface area contributed by atoms with E-state index in [1.807, 2.05) is 4.90 Å². The molecule has 0 saturated carbocycles. The summed E-state index contributed by atoms with van der Waals surface area (Å²) in [6, 6.07) is 6.26. The zero-order valence-electron chi connectivity index (χ0n) is 13.3. The third-order valence-electron chi connectivity index (χ3n) is 4.62. The lowest BCUT2D eigenvalue weighted by atomic mass is 9.99. The molecule has 0 radical (unpaired) electrons. The zero-order chi connectivity index (χ0) is 15.7. The Morgan fingerprint density at radius 2 is 2.27 bits per heavy atom. The zero-order valence-corrected chi connectivity index (χ0v) is 14.9. The Kier molecular flexibility index (Phi) is 4.57. The van der Waals surface area contributed by atoms with E-state index in [1.54, 1.807) is 0 Å². The minimum absolute atomic E-state index is 0.302. The maximum Gasteiger partial charge on any atom is 0.223 e. The van der Waals surface area contributed by atoms with E-state index in [0.29, 0.717) is 18.2 Å². The summed E-state index contributed by atoms with van der Waals surface area (Å²) in [4.78, 5) is 18.1. The number of halogens is 1. The summed E-state index contributed by atoms with van der Waals surface area (Å²) in [5.41, 5.74) is 3.73. The van der Waals surface area contributed by atoms with Gasteiger partial charge in [-0.25, -0.2) is 0 Å². The van der Waals surface area contributed by atoms with Crippen LogP contribution in [0.5, 0.6) is 0 Å². The summed E-state index contributed by atoms with van der Waals surface area (Å²) in [5, 5.41) is 1.24. The predicted molar refractivity (Wildman–Crippen MR) is 93.8 cm³/mol. The lowest BCUT2D eigenvalue weighted by Crippen LogP contribution is -2.36. The average molecular weight is 363 g/mol. The first kappa shape index (κ1) is 15.6. The number of para-hydroxylation sites is 1. The van der Waals surface area contributed by atoms with Crippen LogP contribution in [0.3, 0.4) is 0 Å². The second kappa shape index (κ2) is 6.45. The van der Waals surface area contributed by atoms with Crippen LogP contribution in [0, 0.1) is 5.92 Å². The lowest BCUT2D eigenvalue weighted by molar-refractivity contribution is -0.133. The topological polar surface area (TPSA) is 36.1 Å². The van der Waals surface area contributed by atoms with Crippen molar-refractivity contribution in [2.45, 2.75) is 46.1 Å². The molecule has 118 valence electrons. The fourth-order valence-electron chi connectivity index (χ4n) is 3.44. The van der Waals surface area contributed by atoms with E-state index in [9.17, 15) is 4.79 Å². The minimum atomic E-state index is 0.302. The minimum Gasteiger partial charge on any atom is -0.357 e. The molecule has 1 amide bonds. The molecule has 1 aromatic carbocycles. The van der Waals surface area contributed by atoms with Crippen molar-refractivity contribution in [1.82, 2.24) is 9.88 Å². The van der Waals surface area contributed by atoms with Crippen molar-refractivity contribution in [1.29, 1.82) is 0 Å². The number of H-pyrrole nitrogens is 1. The first-order chi connectivity index (χ1) is 10.6. The quantitative estimate of drug-likeness (QED) is 0.844. The number of hydrogen-bond acceptors (Lipinski definition) is 1. The van der Waals surface area contributed by atoms with E-state index >= 15 is 0 Å². The van der Waals surface area contributed by atoms with Gasteiger partial charge in [0.15, 0.2) is 0 Å². The van der Waals surface area contributed by atoms with Crippen molar-refractivity contribution < 1.29 is 4.79 Å². The van der Waals surface area contributed by atoms with Gasteiger partial charge in [0.2, 0.25) is 5.91 Å². The first-order valence-corrected chi connectivity index (χ1v) is 8.95. The molecule has 3 rings (SSSR count). The van der Waals surface area contributed by atoms with E-state index < -0.39 is 0 Å². The van der Waals surface area contributed by atoms with Gasteiger partial charge in [-0.15, -0.1) is 0 Å². The third-order valence-corrected chi connectivity index (χ3v) is 5.28. The van der Waals surface area contributed by atoms with E-state index in [1.165, 1.54) is 16.6 Å². The van der Waals surface area contributed by atoms with Gasteiger partial charge in [-0.3, -0.25) is 4.79 Å². The summed E-state index contributed by atoms with van der Waals surface area (Å²) < 4.78 is 1.09. The summed E-state index contributed by atoms with van der Waals surface area (Å²) >= 11 is 3.61. The van der Waals surface area contributed by atoms with E-state index in [4.69, 9.17) is 0 Å². The van der Waals surface area contributed by atoms with Crippen LogP contribution in [0.2, 0.25) is 0 Å². The van der Waals surface area contributed by atoms with Gasteiger partial charge in [0, 0.05) is 47.0 Å². The van der Waals surface area contributed by atoms with Crippen LogP contribution in [0.1, 0.15) is 44.4 Å². The van der Waals surface area contributed by atoms with Crippen LogP contribution in [0.4, 0.5) is 0 Å². The molecule has 1 unspecified atom stereocenters. The van der Waals surface area contributed by atoms with Crippen molar-refractivity contribution in [3.8, 4) is 0 Å². The van der Waals surface area contributed by atoms with Crippen molar-refractivity contribution in [3.63, 3.8) is 0 Å². The molecule has 0 spiro atoms. The molecule has 0 fully saturated rings. The Morgan fingerprint density at radius 3 is 3.05 bits per heavy atom. The highest BCUT2D eigenvalue weighted by atomic mass is 79.9. The average Bonchev–Trinajstić information content (AvgIpc) is 2.87. The number of rotatable bonds is 4. The molecule has 1 aliphatic rings. The fraction of sp³-hybridized carbons (Fsp3) is 0.500. The Labute approximate surface area is 140 Å². The third kappa shape index (κ3) is 2.94. The highest BCUT2D eigenvalue weighted by molar-refractivity contribution is 9.10. The Morgan fingerprint density at radius 1 is 1.45 bits per heavy atom. The van der Waals surface area contributed by atoms with Crippen LogP contribution < -0.4 is 0 Å². The summed E-state index contributed by atoms with van der Waals surface area (Å²) in [6.07, 6.45) is 3.87. The van der Waals surface area contributed by atoms with E-state index in [0.717, 1.165) is 42.3 Å². The number of hydrogen-bond donors (Lipinski definition) is 1. The molecule has 1 aliphatic heterocycles. The van der Waals surface area contributed by atoms with Crippen LogP contribution in [-0.4, -0.2) is 22.3 Å². The summed E-state index contributed by atoms with van der Waals surface area (Å²) in [5.74, 6) is 0.784. The van der Waals surface area contributed by atoms with Gasteiger partial charge in [-0.2, -0.15) is 0 Å². The highest BCUT2D eigenvalue weighted by Gasteiger charge is 2.25. The number of nitrogens with zero attached hydrogens (tertiary/aromatic N) is 1. The number of amides is 1. The van der Waals surface area contributed by atoms with E-state index in [-0.39, 0.29) is 0 Å². The number of carbonyl (C=O) groups is 1. The van der Waals surface area contributed by atoms with Gasteiger partial charge in [-0.05, 0) is 27.9 Å². The van der Waals surface area contributed by atoms with Crippen molar-refractivity contribution in [2.75, 3.05) is 6.54 Å². The van der Waals surface area contributed by atoms with Crippen LogP contribution in [-0.2, 0) is 17.8 Å². The predicted octanol–water partition coefficient (Wildman–Crippen LogP) is 4.64. The lowest BCUT2D eigenvalue weighted by Gasteiger charge is -2.28. The van der Waals surface area contributed by atoms with Gasteiger partial charge in [-0.1, -0.05) is 38.8 Å². The number of aromatic amines is 1. The molecule has 0 saturated heterocycles. The number of carbonyl (C=O) groups excluding carboxylic acids is 1. The Hall–Kier alpha value is -1.29. The molecule has 1 atom stereocenters. The Balaban J connectivity index is 1.80. The molecule has 4 heteroatoms. The Bertz CT molecular complexity index is 692. The molecule has 22 heavy (non-hydrogen) atoms. The second-order valence-electron chi connectivity index (χ2n) is 6.41. The smallest absolute Gasteiger partial charge is 0.223 e. The number of fused-ring (bicyclic) bond motifs is 3. The largest absolute Gasteiger partial charge is 0.357 e. The molecule has 1 N–H and O–H groups in total. The van der Waals surface area contributed by atoms with Crippen molar-refractivity contribution in [3.05, 3.63) is 33.9 Å². The monoisotopic (exact) mass is 362 g/mol. The maximum atomic E-state index is 12.5. The summed E-state index contributed by atoms with van der Waals surface area (Å²) in [6.45, 7) is 5.93. The molecule has 0 bridgehead atoms. The van der Waals surface area contributed by atoms with Gasteiger partial charge in [0.1, 0.15) is 0 Å². The second-order valence-corrected chi connectivity index (χ2v) is 7.26. The number of benzene rings is 1. The number of nitrogens with one attached hydrogen (secondary N) is 1. The summed E-state index contributed by atoms with van der Waals surface area (Å²) in [7, 11) is 0. The fourth-order valence-corrected chi connectivity index (χ4v) is 3.90. The van der Waals surface area contributed by atoms with Crippen molar-refractivity contribution >= 4 is 32.7 Å². The van der Waals surface area contributed by atoms with Crippen LogP contribution in [0.25, 0.3) is 10.9 Å². The van der Waals surface area contributed by atoms with Gasteiger partial charge in [0.25, 0.3) is 0 Å². The molecule has 2 heterocycles. The standard InChI is InChI=1S/C18H23BrN2O/c1-3-5-12(2)10-17(22)21-9-8-16-14(11-21)13-6-4-7-15(19)18(13)20-16/h4,6-7,12,20H,3,5,8-11H2,1-2H3. The normalized spacial score (nSPS) is 15.9. The first-order valence-electron chi connectivity index (χ1n) is 8.15. The molecular weight excluding hydrogens is 340 g/mol. The van der Waals surface area contributed by atoms with Gasteiger partial charge < -0.3 is 9.88 Å². The highest BCUT2D eigenvalue weighted by Crippen LogP contribution is 2.32. The van der Waals surface area contributed by atoms with Crippen LogP contribution in [0.15, 0.2) is 22.7 Å². The molecule has 3 nitrogen and oxygen atoms in total. The van der Waals surface area contributed by atoms with Gasteiger partial charge in [0.05, 0.1) is 5.52 Å².